The first-order valence-corrected chi connectivity index (χ1v) is 9.59. The van der Waals surface area contributed by atoms with Gasteiger partial charge in [-0.15, -0.1) is 0 Å². The first-order valence-electron chi connectivity index (χ1n) is 9.59. The molecule has 0 unspecified atom stereocenters. The van der Waals surface area contributed by atoms with E-state index >= 15 is 0 Å². The van der Waals surface area contributed by atoms with Crippen LogP contribution in [0.25, 0.3) is 33.4 Å². The van der Waals surface area contributed by atoms with Gasteiger partial charge in [0.15, 0.2) is 0 Å². The maximum Gasteiger partial charge on any atom is 0.115 e. The van der Waals surface area contributed by atoms with Crippen molar-refractivity contribution in [2.24, 2.45) is 0 Å². The number of aromatic hydroxyl groups is 1. The molecule has 0 bridgehead atoms. The summed E-state index contributed by atoms with van der Waals surface area (Å²) in [6.07, 6.45) is 0. The highest BCUT2D eigenvalue weighted by molar-refractivity contribution is 5.94. The summed E-state index contributed by atoms with van der Waals surface area (Å²) in [4.78, 5) is 0. The summed E-state index contributed by atoms with van der Waals surface area (Å²) >= 11 is 0. The van der Waals surface area contributed by atoms with E-state index in [1.165, 1.54) is 44.5 Å². The average molecular weight is 364 g/mol. The van der Waals surface area contributed by atoms with Gasteiger partial charge >= 0.3 is 0 Å². The number of aryl methyl sites for hydroxylation is 3. The Morgan fingerprint density at radius 1 is 0.500 bits per heavy atom. The Labute approximate surface area is 166 Å². The van der Waals surface area contributed by atoms with Crippen molar-refractivity contribution in [1.82, 2.24) is 0 Å². The third-order valence-corrected chi connectivity index (χ3v) is 5.12. The normalized spacial score (nSPS) is 10.8. The fourth-order valence-corrected chi connectivity index (χ4v) is 3.84. The number of benzene rings is 4. The monoisotopic (exact) mass is 364 g/mol. The number of phenolic OH excluding ortho intramolecular Hbond substituents is 1. The molecule has 1 nitrogen and oxygen atoms in total. The minimum absolute atomic E-state index is 0.282. The summed E-state index contributed by atoms with van der Waals surface area (Å²) in [6.45, 7) is 6.39. The lowest BCUT2D eigenvalue weighted by Gasteiger charge is -2.17. The molecule has 0 aliphatic heterocycles. The van der Waals surface area contributed by atoms with Crippen molar-refractivity contribution in [2.75, 3.05) is 0 Å². The predicted octanol–water partition coefficient (Wildman–Crippen LogP) is 7.32. The van der Waals surface area contributed by atoms with Gasteiger partial charge in [0.25, 0.3) is 0 Å². The van der Waals surface area contributed by atoms with E-state index in [0.29, 0.717) is 0 Å². The standard InChI is InChI=1S/C27H24O/c1-18-7-9-21(10-8-18)25-5-4-6-26(23-16-19(2)15-20(3)17-23)27(25)22-11-13-24(28)14-12-22/h4-17,28H,1-3H3. The maximum atomic E-state index is 9.78. The summed E-state index contributed by atoms with van der Waals surface area (Å²) in [6, 6.07) is 29.4. The van der Waals surface area contributed by atoms with Crippen LogP contribution in [0.2, 0.25) is 0 Å². The van der Waals surface area contributed by atoms with Gasteiger partial charge in [-0.3, -0.25) is 0 Å². The fourth-order valence-electron chi connectivity index (χ4n) is 3.84. The van der Waals surface area contributed by atoms with E-state index in [9.17, 15) is 5.11 Å². The Kier molecular flexibility index (Phi) is 4.75. The molecule has 4 aromatic carbocycles. The molecule has 0 saturated carbocycles. The molecular formula is C27H24O. The van der Waals surface area contributed by atoms with Crippen molar-refractivity contribution in [2.45, 2.75) is 20.8 Å². The van der Waals surface area contributed by atoms with Crippen LogP contribution >= 0.6 is 0 Å². The van der Waals surface area contributed by atoms with Crippen molar-refractivity contribution in [1.29, 1.82) is 0 Å². The zero-order chi connectivity index (χ0) is 19.7. The molecule has 1 heteroatoms. The molecule has 4 rings (SSSR count). The average Bonchev–Trinajstić information content (AvgIpc) is 2.68. The van der Waals surface area contributed by atoms with E-state index in [4.69, 9.17) is 0 Å². The van der Waals surface area contributed by atoms with Crippen molar-refractivity contribution in [3.05, 3.63) is 102 Å². The second-order valence-corrected chi connectivity index (χ2v) is 7.52. The number of phenols is 1. The number of rotatable bonds is 3. The van der Waals surface area contributed by atoms with Crippen LogP contribution < -0.4 is 0 Å². The molecule has 138 valence electrons. The van der Waals surface area contributed by atoms with Gasteiger partial charge in [0.05, 0.1) is 0 Å². The Balaban J connectivity index is 2.02. The number of hydrogen-bond donors (Lipinski definition) is 1. The lowest BCUT2D eigenvalue weighted by Crippen LogP contribution is -1.92. The van der Waals surface area contributed by atoms with Crippen LogP contribution in [-0.2, 0) is 0 Å². The molecule has 0 radical (unpaired) electrons. The second kappa shape index (κ2) is 7.36. The molecule has 0 aromatic heterocycles. The fraction of sp³-hybridized carbons (Fsp3) is 0.111. The van der Waals surface area contributed by atoms with E-state index in [-0.39, 0.29) is 5.75 Å². The van der Waals surface area contributed by atoms with Crippen molar-refractivity contribution in [3.8, 4) is 39.1 Å². The molecule has 0 atom stereocenters. The SMILES string of the molecule is Cc1ccc(-c2cccc(-c3cc(C)cc(C)c3)c2-c2ccc(O)cc2)cc1. The quantitative estimate of drug-likeness (QED) is 0.404. The van der Waals surface area contributed by atoms with Crippen LogP contribution in [0.4, 0.5) is 0 Å². The molecule has 0 heterocycles. The molecule has 4 aromatic rings. The van der Waals surface area contributed by atoms with E-state index in [2.05, 4.69) is 81.4 Å². The van der Waals surface area contributed by atoms with Crippen molar-refractivity contribution in [3.63, 3.8) is 0 Å². The van der Waals surface area contributed by atoms with Crippen LogP contribution in [0, 0.1) is 20.8 Å². The lowest BCUT2D eigenvalue weighted by atomic mass is 9.87. The molecule has 0 fully saturated rings. The topological polar surface area (TPSA) is 20.2 Å². The van der Waals surface area contributed by atoms with Gasteiger partial charge in [-0.25, -0.2) is 0 Å². The van der Waals surface area contributed by atoms with E-state index < -0.39 is 0 Å². The largest absolute Gasteiger partial charge is 0.508 e. The summed E-state index contributed by atoms with van der Waals surface area (Å²) in [5.41, 5.74) is 10.9. The highest BCUT2D eigenvalue weighted by Gasteiger charge is 2.14. The van der Waals surface area contributed by atoms with Gasteiger partial charge in [0.1, 0.15) is 5.75 Å². The van der Waals surface area contributed by atoms with E-state index in [1.807, 2.05) is 12.1 Å². The van der Waals surface area contributed by atoms with E-state index in [1.54, 1.807) is 12.1 Å². The smallest absolute Gasteiger partial charge is 0.115 e. The Bertz CT molecular complexity index is 1100. The molecule has 0 saturated heterocycles. The van der Waals surface area contributed by atoms with Crippen molar-refractivity contribution < 1.29 is 5.11 Å². The zero-order valence-corrected chi connectivity index (χ0v) is 16.5. The van der Waals surface area contributed by atoms with Crippen LogP contribution in [0.1, 0.15) is 16.7 Å². The highest BCUT2D eigenvalue weighted by Crippen LogP contribution is 2.40. The van der Waals surface area contributed by atoms with Crippen LogP contribution in [0.3, 0.4) is 0 Å². The summed E-state index contributed by atoms with van der Waals surface area (Å²) in [5.74, 6) is 0.282. The Hall–Kier alpha value is -3.32. The first-order chi connectivity index (χ1) is 13.5. The summed E-state index contributed by atoms with van der Waals surface area (Å²) in [7, 11) is 0. The molecular weight excluding hydrogens is 340 g/mol. The van der Waals surface area contributed by atoms with Gasteiger partial charge in [-0.2, -0.15) is 0 Å². The molecule has 0 aliphatic carbocycles. The molecule has 1 N–H and O–H groups in total. The van der Waals surface area contributed by atoms with E-state index in [0.717, 1.165) is 5.56 Å². The maximum absolute atomic E-state index is 9.78. The minimum Gasteiger partial charge on any atom is -0.508 e. The van der Waals surface area contributed by atoms with Crippen molar-refractivity contribution >= 4 is 0 Å². The molecule has 0 amide bonds. The first kappa shape index (κ1) is 18.1. The minimum atomic E-state index is 0.282. The van der Waals surface area contributed by atoms with Gasteiger partial charge < -0.3 is 5.11 Å². The lowest BCUT2D eigenvalue weighted by molar-refractivity contribution is 0.475. The Morgan fingerprint density at radius 2 is 1.04 bits per heavy atom. The molecule has 0 spiro atoms. The van der Waals surface area contributed by atoms with Gasteiger partial charge in [-0.05, 0) is 66.3 Å². The third kappa shape index (κ3) is 3.57. The Morgan fingerprint density at radius 3 is 1.64 bits per heavy atom. The predicted molar refractivity (Wildman–Crippen MR) is 119 cm³/mol. The van der Waals surface area contributed by atoms with Gasteiger partial charge in [0.2, 0.25) is 0 Å². The zero-order valence-electron chi connectivity index (χ0n) is 16.5. The van der Waals surface area contributed by atoms with Crippen LogP contribution in [-0.4, -0.2) is 5.11 Å². The second-order valence-electron chi connectivity index (χ2n) is 7.52. The van der Waals surface area contributed by atoms with Crippen LogP contribution in [0.5, 0.6) is 5.75 Å². The third-order valence-electron chi connectivity index (χ3n) is 5.12. The molecule has 0 aliphatic rings. The summed E-state index contributed by atoms with van der Waals surface area (Å²) in [5, 5.41) is 9.78. The van der Waals surface area contributed by atoms with Gasteiger partial charge in [0, 0.05) is 0 Å². The van der Waals surface area contributed by atoms with Crippen LogP contribution in [0.15, 0.2) is 84.9 Å². The van der Waals surface area contributed by atoms with Gasteiger partial charge in [-0.1, -0.05) is 89.5 Å². The summed E-state index contributed by atoms with van der Waals surface area (Å²) < 4.78 is 0. The highest BCUT2D eigenvalue weighted by atomic mass is 16.3. The number of hydrogen-bond acceptors (Lipinski definition) is 1. The molecule has 28 heavy (non-hydrogen) atoms.